The van der Waals surface area contributed by atoms with Crippen molar-refractivity contribution in [3.63, 3.8) is 0 Å². The summed E-state index contributed by atoms with van der Waals surface area (Å²) in [7, 11) is -3.88. The van der Waals surface area contributed by atoms with Gasteiger partial charge in [0.25, 0.3) is 15.7 Å². The number of hydrogen-bond donors (Lipinski definition) is 3. The Balaban J connectivity index is 1.70. The third-order valence-corrected chi connectivity index (χ3v) is 5.53. The van der Waals surface area contributed by atoms with Crippen LogP contribution in [0.5, 0.6) is 0 Å². The van der Waals surface area contributed by atoms with E-state index in [4.69, 9.17) is 12.2 Å². The van der Waals surface area contributed by atoms with Crippen molar-refractivity contribution in [2.75, 3.05) is 15.4 Å². The molecule has 3 aromatic rings. The second-order valence-corrected chi connectivity index (χ2v) is 8.55. The van der Waals surface area contributed by atoms with Crippen molar-refractivity contribution in [2.24, 2.45) is 0 Å². The molecule has 0 aliphatic heterocycles. The van der Waals surface area contributed by atoms with Gasteiger partial charge in [0.15, 0.2) is 5.11 Å². The predicted octanol–water partition coefficient (Wildman–Crippen LogP) is 3.61. The van der Waals surface area contributed by atoms with Crippen LogP contribution < -0.4 is 15.4 Å². The number of rotatable bonds is 6. The molecule has 12 heteroatoms. The van der Waals surface area contributed by atoms with E-state index in [0.29, 0.717) is 17.1 Å². The Morgan fingerprint density at radius 3 is 2.23 bits per heavy atom. The Bertz CT molecular complexity index is 1230. The molecule has 0 amide bonds. The standard InChI is InChI=1S/C19H18N6O4S2/c1-12-11-13(2)21-18(20-12)24-31(28,29)15-9-7-14(8-10-15)22-19(30)23-16-5-3-4-6-17(16)25(26)27/h3-11H,1-2H3,(H,20,21,24)(H2,22,23,30). The Labute approximate surface area is 184 Å². The zero-order valence-electron chi connectivity index (χ0n) is 16.5. The van der Waals surface area contributed by atoms with Crippen LogP contribution in [0.4, 0.5) is 23.0 Å². The molecule has 160 valence electrons. The molecule has 0 aliphatic rings. The maximum absolute atomic E-state index is 12.6. The van der Waals surface area contributed by atoms with Crippen molar-refractivity contribution in [1.29, 1.82) is 0 Å². The molecule has 3 rings (SSSR count). The van der Waals surface area contributed by atoms with Gasteiger partial charge in [0, 0.05) is 23.1 Å². The molecule has 1 heterocycles. The Hall–Kier alpha value is -3.64. The predicted molar refractivity (Wildman–Crippen MR) is 122 cm³/mol. The smallest absolute Gasteiger partial charge is 0.292 e. The zero-order chi connectivity index (χ0) is 22.6. The molecule has 0 aliphatic carbocycles. The second-order valence-electron chi connectivity index (χ2n) is 6.46. The highest BCUT2D eigenvalue weighted by molar-refractivity contribution is 7.92. The fourth-order valence-corrected chi connectivity index (χ4v) is 3.86. The third-order valence-electron chi connectivity index (χ3n) is 3.98. The Kier molecular flexibility index (Phi) is 6.42. The number of nitrogens with zero attached hydrogens (tertiary/aromatic N) is 3. The molecule has 1 aromatic heterocycles. The molecule has 0 spiro atoms. The lowest BCUT2D eigenvalue weighted by atomic mass is 10.3. The van der Waals surface area contributed by atoms with E-state index in [-0.39, 0.29) is 27.3 Å². The maximum Gasteiger partial charge on any atom is 0.292 e. The first-order valence-corrected chi connectivity index (χ1v) is 10.8. The summed E-state index contributed by atoms with van der Waals surface area (Å²) in [6.07, 6.45) is 0. The number of aryl methyl sites for hydroxylation is 2. The van der Waals surface area contributed by atoms with E-state index in [1.165, 1.54) is 36.4 Å². The van der Waals surface area contributed by atoms with Crippen molar-refractivity contribution in [3.05, 3.63) is 76.1 Å². The van der Waals surface area contributed by atoms with Crippen molar-refractivity contribution < 1.29 is 13.3 Å². The second kappa shape index (κ2) is 9.02. The molecule has 3 N–H and O–H groups in total. The van der Waals surface area contributed by atoms with Gasteiger partial charge in [-0.2, -0.15) is 0 Å². The third kappa shape index (κ3) is 5.71. The van der Waals surface area contributed by atoms with Crippen molar-refractivity contribution in [3.8, 4) is 0 Å². The van der Waals surface area contributed by atoms with Crippen LogP contribution >= 0.6 is 12.2 Å². The van der Waals surface area contributed by atoms with Crippen molar-refractivity contribution in [1.82, 2.24) is 9.97 Å². The molecule has 0 saturated carbocycles. The van der Waals surface area contributed by atoms with E-state index >= 15 is 0 Å². The van der Waals surface area contributed by atoms with Gasteiger partial charge in [0.1, 0.15) is 5.69 Å². The van der Waals surface area contributed by atoms with Crippen molar-refractivity contribution >= 4 is 50.4 Å². The van der Waals surface area contributed by atoms with Gasteiger partial charge in [-0.1, -0.05) is 12.1 Å². The minimum Gasteiger partial charge on any atom is -0.332 e. The fourth-order valence-electron chi connectivity index (χ4n) is 2.69. The lowest BCUT2D eigenvalue weighted by molar-refractivity contribution is -0.383. The quantitative estimate of drug-likeness (QED) is 0.287. The Morgan fingerprint density at radius 1 is 1.00 bits per heavy atom. The monoisotopic (exact) mass is 458 g/mol. The lowest BCUT2D eigenvalue weighted by Crippen LogP contribution is -2.20. The molecule has 0 saturated heterocycles. The number of aromatic nitrogens is 2. The van der Waals surface area contributed by atoms with Crippen molar-refractivity contribution in [2.45, 2.75) is 18.7 Å². The number of hydrogen-bond acceptors (Lipinski definition) is 7. The summed E-state index contributed by atoms with van der Waals surface area (Å²) in [5, 5.41) is 16.8. The van der Waals surface area contributed by atoms with Gasteiger partial charge in [-0.25, -0.2) is 23.1 Å². The van der Waals surface area contributed by atoms with E-state index in [0.717, 1.165) is 0 Å². The number of nitro groups is 1. The summed E-state index contributed by atoms with van der Waals surface area (Å²) in [5.74, 6) is -0.00506. The number of nitro benzene ring substituents is 1. The van der Waals surface area contributed by atoms with Crippen LogP contribution in [-0.2, 0) is 10.0 Å². The highest BCUT2D eigenvalue weighted by Crippen LogP contribution is 2.23. The number of nitrogens with one attached hydrogen (secondary N) is 3. The summed E-state index contributed by atoms with van der Waals surface area (Å²) < 4.78 is 27.5. The highest BCUT2D eigenvalue weighted by atomic mass is 32.2. The molecule has 0 bridgehead atoms. The number of anilines is 3. The van der Waals surface area contributed by atoms with Gasteiger partial charge in [-0.05, 0) is 62.5 Å². The van der Waals surface area contributed by atoms with Crippen LogP contribution in [0.1, 0.15) is 11.4 Å². The van der Waals surface area contributed by atoms with Crippen LogP contribution in [0.15, 0.2) is 59.5 Å². The highest BCUT2D eigenvalue weighted by Gasteiger charge is 2.17. The number of sulfonamides is 1. The van der Waals surface area contributed by atoms with Crippen LogP contribution in [0.25, 0.3) is 0 Å². The van der Waals surface area contributed by atoms with E-state index in [2.05, 4.69) is 25.3 Å². The summed E-state index contributed by atoms with van der Waals surface area (Å²) in [6, 6.07) is 13.6. The van der Waals surface area contributed by atoms with Gasteiger partial charge < -0.3 is 10.6 Å². The first-order chi connectivity index (χ1) is 14.6. The van der Waals surface area contributed by atoms with Crippen LogP contribution in [0, 0.1) is 24.0 Å². The van der Waals surface area contributed by atoms with Gasteiger partial charge in [0.2, 0.25) is 5.95 Å². The molecular weight excluding hydrogens is 440 g/mol. The topological polar surface area (TPSA) is 139 Å². The maximum atomic E-state index is 12.6. The SMILES string of the molecule is Cc1cc(C)nc(NS(=O)(=O)c2ccc(NC(=S)Nc3ccccc3[N+](=O)[O-])cc2)n1. The minimum atomic E-state index is -3.88. The van der Waals surface area contributed by atoms with Crippen LogP contribution in [0.3, 0.4) is 0 Å². The molecule has 0 atom stereocenters. The molecule has 31 heavy (non-hydrogen) atoms. The summed E-state index contributed by atoms with van der Waals surface area (Å²) in [5.41, 5.74) is 1.90. The minimum absolute atomic E-state index is 0.00506. The number of thiocarbonyl (C=S) groups is 1. The van der Waals surface area contributed by atoms with E-state index in [9.17, 15) is 18.5 Å². The first kappa shape index (κ1) is 22.1. The van der Waals surface area contributed by atoms with E-state index in [1.54, 1.807) is 32.0 Å². The first-order valence-electron chi connectivity index (χ1n) is 8.90. The van der Waals surface area contributed by atoms with Crippen LogP contribution in [-0.4, -0.2) is 28.4 Å². The molecular formula is C19H18N6O4S2. The van der Waals surface area contributed by atoms with Crippen LogP contribution in [0.2, 0.25) is 0 Å². The summed E-state index contributed by atoms with van der Waals surface area (Å²) in [4.78, 5) is 18.7. The van der Waals surface area contributed by atoms with E-state index in [1.807, 2.05) is 0 Å². The fraction of sp³-hybridized carbons (Fsp3) is 0.105. The number of benzene rings is 2. The molecule has 0 radical (unpaired) electrons. The lowest BCUT2D eigenvalue weighted by Gasteiger charge is -2.12. The summed E-state index contributed by atoms with van der Waals surface area (Å²) in [6.45, 7) is 3.49. The summed E-state index contributed by atoms with van der Waals surface area (Å²) >= 11 is 5.19. The molecule has 10 nitrogen and oxygen atoms in total. The van der Waals surface area contributed by atoms with E-state index < -0.39 is 14.9 Å². The average Bonchev–Trinajstić information content (AvgIpc) is 2.67. The van der Waals surface area contributed by atoms with Gasteiger partial charge in [-0.15, -0.1) is 0 Å². The largest absolute Gasteiger partial charge is 0.332 e. The van der Waals surface area contributed by atoms with Gasteiger partial charge in [0.05, 0.1) is 9.82 Å². The molecule has 0 fully saturated rings. The van der Waals surface area contributed by atoms with Gasteiger partial charge in [-0.3, -0.25) is 10.1 Å². The van der Waals surface area contributed by atoms with Gasteiger partial charge >= 0.3 is 0 Å². The number of para-hydroxylation sites is 2. The molecule has 2 aromatic carbocycles. The zero-order valence-corrected chi connectivity index (χ0v) is 18.1. The Morgan fingerprint density at radius 2 is 1.61 bits per heavy atom. The molecule has 0 unspecified atom stereocenters. The normalized spacial score (nSPS) is 10.9. The average molecular weight is 459 g/mol.